The summed E-state index contributed by atoms with van der Waals surface area (Å²) in [6.07, 6.45) is 4.32. The van der Waals surface area contributed by atoms with Gasteiger partial charge in [0.25, 0.3) is 0 Å². The Hall–Kier alpha value is -1.39. The topological polar surface area (TPSA) is 55.8 Å². The average Bonchev–Trinajstić information content (AvgIpc) is 3.09. The first-order valence-corrected chi connectivity index (χ1v) is 8.15. The maximum absolute atomic E-state index is 11.1. The Morgan fingerprint density at radius 3 is 2.59 bits per heavy atom. The van der Waals surface area contributed by atoms with Crippen molar-refractivity contribution in [3.8, 4) is 0 Å². The number of hydrogen-bond donors (Lipinski definition) is 1. The fourth-order valence-electron chi connectivity index (χ4n) is 3.97. The van der Waals surface area contributed by atoms with Gasteiger partial charge in [-0.3, -0.25) is 4.79 Å². The highest BCUT2D eigenvalue weighted by Crippen LogP contribution is 2.45. The van der Waals surface area contributed by atoms with E-state index in [1.54, 1.807) is 0 Å². The van der Waals surface area contributed by atoms with Gasteiger partial charge in [-0.15, -0.1) is 0 Å². The highest BCUT2D eigenvalue weighted by atomic mass is 16.5. The summed E-state index contributed by atoms with van der Waals surface area (Å²) < 4.78 is 11.3. The van der Waals surface area contributed by atoms with Crippen LogP contribution in [0.4, 0.5) is 0 Å². The summed E-state index contributed by atoms with van der Waals surface area (Å²) in [7, 11) is 0. The van der Waals surface area contributed by atoms with Crippen molar-refractivity contribution >= 4 is 5.97 Å². The Morgan fingerprint density at radius 2 is 1.91 bits per heavy atom. The first kappa shape index (κ1) is 15.5. The van der Waals surface area contributed by atoms with E-state index in [0.717, 1.165) is 19.3 Å². The quantitative estimate of drug-likeness (QED) is 0.818. The van der Waals surface area contributed by atoms with Gasteiger partial charge in [-0.05, 0) is 42.7 Å². The van der Waals surface area contributed by atoms with Crippen LogP contribution < -0.4 is 0 Å². The third-order valence-corrected chi connectivity index (χ3v) is 5.02. The molecule has 2 aliphatic heterocycles. The Kier molecular flexibility index (Phi) is 4.79. The van der Waals surface area contributed by atoms with Gasteiger partial charge in [-0.1, -0.05) is 24.3 Å². The van der Waals surface area contributed by atoms with Crippen molar-refractivity contribution in [1.82, 2.24) is 0 Å². The number of benzene rings is 1. The van der Waals surface area contributed by atoms with Gasteiger partial charge >= 0.3 is 5.97 Å². The van der Waals surface area contributed by atoms with Gasteiger partial charge in [0.15, 0.2) is 0 Å². The molecule has 120 valence electrons. The van der Waals surface area contributed by atoms with E-state index in [1.165, 1.54) is 18.1 Å². The second-order valence-corrected chi connectivity index (χ2v) is 6.37. The van der Waals surface area contributed by atoms with E-state index in [0.29, 0.717) is 24.9 Å². The largest absolute Gasteiger partial charge is 0.465 e. The minimum absolute atomic E-state index is 0.168. The number of aliphatic hydroxyl groups is 1. The number of ether oxygens (including phenoxy) is 2. The molecule has 0 radical (unpaired) electrons. The molecule has 1 aromatic carbocycles. The summed E-state index contributed by atoms with van der Waals surface area (Å²) in [6.45, 7) is 2.09. The number of hydrogen-bond acceptors (Lipinski definition) is 4. The fraction of sp³-hybridized carbons (Fsp3) is 0.611. The zero-order valence-corrected chi connectivity index (χ0v) is 13.0. The lowest BCUT2D eigenvalue weighted by Crippen LogP contribution is -2.33. The lowest BCUT2D eigenvalue weighted by atomic mass is 9.76. The van der Waals surface area contributed by atoms with Gasteiger partial charge in [0, 0.05) is 19.4 Å². The third-order valence-electron chi connectivity index (χ3n) is 5.02. The van der Waals surface area contributed by atoms with E-state index in [-0.39, 0.29) is 24.8 Å². The van der Waals surface area contributed by atoms with E-state index in [2.05, 4.69) is 12.1 Å². The molecule has 2 bridgehead atoms. The van der Waals surface area contributed by atoms with Crippen LogP contribution in [0.2, 0.25) is 0 Å². The summed E-state index contributed by atoms with van der Waals surface area (Å²) in [6, 6.07) is 8.29. The van der Waals surface area contributed by atoms with Crippen LogP contribution in [0.5, 0.6) is 0 Å². The van der Waals surface area contributed by atoms with Gasteiger partial charge in [0.1, 0.15) is 0 Å². The third kappa shape index (κ3) is 3.18. The molecule has 0 spiro atoms. The summed E-state index contributed by atoms with van der Waals surface area (Å²) >= 11 is 0. The minimum Gasteiger partial charge on any atom is -0.465 e. The zero-order chi connectivity index (χ0) is 15.5. The summed E-state index contributed by atoms with van der Waals surface area (Å²) in [5.74, 6) is 0.477. The van der Waals surface area contributed by atoms with Crippen molar-refractivity contribution in [3.05, 3.63) is 35.4 Å². The molecule has 2 heterocycles. The SMILES string of the molecule is CC(=O)OC[C@H]1[C@@H](Cc2ccccc2CCO)[C@@H]2CC[C@H]1O2. The predicted octanol–water partition coefficient (Wildman–Crippen LogP) is 2.12. The highest BCUT2D eigenvalue weighted by Gasteiger charge is 2.49. The van der Waals surface area contributed by atoms with Gasteiger partial charge in [-0.2, -0.15) is 0 Å². The Morgan fingerprint density at radius 1 is 1.23 bits per heavy atom. The molecule has 22 heavy (non-hydrogen) atoms. The Balaban J connectivity index is 1.73. The Labute approximate surface area is 131 Å². The van der Waals surface area contributed by atoms with Crippen LogP contribution in [0.3, 0.4) is 0 Å². The molecule has 3 rings (SSSR count). The lowest BCUT2D eigenvalue weighted by molar-refractivity contribution is -0.143. The molecule has 2 fully saturated rings. The average molecular weight is 304 g/mol. The molecule has 4 heteroatoms. The number of rotatable bonds is 6. The Bertz CT molecular complexity index is 528. The maximum Gasteiger partial charge on any atom is 0.302 e. The van der Waals surface area contributed by atoms with Crippen LogP contribution in [0.25, 0.3) is 0 Å². The van der Waals surface area contributed by atoms with E-state index in [9.17, 15) is 9.90 Å². The molecule has 0 amide bonds. The van der Waals surface area contributed by atoms with Crippen LogP contribution in [0.15, 0.2) is 24.3 Å². The number of carbonyl (C=O) groups excluding carboxylic acids is 1. The maximum atomic E-state index is 11.1. The lowest BCUT2D eigenvalue weighted by Gasteiger charge is -2.28. The molecular formula is C18H24O4. The van der Waals surface area contributed by atoms with Crippen molar-refractivity contribution in [1.29, 1.82) is 0 Å². The molecule has 0 aliphatic carbocycles. The number of carbonyl (C=O) groups is 1. The van der Waals surface area contributed by atoms with Crippen LogP contribution in [0, 0.1) is 11.8 Å². The standard InChI is InChI=1S/C18H24O4/c1-12(20)21-11-16-15(17-6-7-18(16)22-17)10-14-5-3-2-4-13(14)8-9-19/h2-5,15-19H,6-11H2,1H3/t15-,16+,17+,18-/m1/s1. The molecule has 1 aromatic rings. The van der Waals surface area contributed by atoms with E-state index in [4.69, 9.17) is 9.47 Å². The second-order valence-electron chi connectivity index (χ2n) is 6.37. The predicted molar refractivity (Wildman–Crippen MR) is 82.4 cm³/mol. The van der Waals surface area contributed by atoms with Gasteiger partial charge < -0.3 is 14.6 Å². The van der Waals surface area contributed by atoms with Crippen LogP contribution in [0.1, 0.15) is 30.9 Å². The summed E-state index contributed by atoms with van der Waals surface area (Å²) in [5, 5.41) is 9.23. The second kappa shape index (κ2) is 6.80. The molecule has 4 atom stereocenters. The first-order valence-electron chi connectivity index (χ1n) is 8.15. The van der Waals surface area contributed by atoms with Crippen LogP contribution in [-0.2, 0) is 27.1 Å². The van der Waals surface area contributed by atoms with Crippen molar-refractivity contribution in [2.24, 2.45) is 11.8 Å². The first-order chi connectivity index (χ1) is 10.7. The van der Waals surface area contributed by atoms with E-state index < -0.39 is 0 Å². The van der Waals surface area contributed by atoms with E-state index in [1.807, 2.05) is 12.1 Å². The van der Waals surface area contributed by atoms with Gasteiger partial charge in [-0.25, -0.2) is 0 Å². The van der Waals surface area contributed by atoms with Crippen molar-refractivity contribution < 1.29 is 19.4 Å². The molecular weight excluding hydrogens is 280 g/mol. The highest BCUT2D eigenvalue weighted by molar-refractivity contribution is 5.65. The monoisotopic (exact) mass is 304 g/mol. The molecule has 4 nitrogen and oxygen atoms in total. The molecule has 2 saturated heterocycles. The van der Waals surface area contributed by atoms with Crippen LogP contribution in [-0.4, -0.2) is 36.5 Å². The van der Waals surface area contributed by atoms with Crippen molar-refractivity contribution in [2.75, 3.05) is 13.2 Å². The van der Waals surface area contributed by atoms with Crippen molar-refractivity contribution in [3.63, 3.8) is 0 Å². The fourth-order valence-corrected chi connectivity index (χ4v) is 3.97. The van der Waals surface area contributed by atoms with E-state index >= 15 is 0 Å². The molecule has 0 saturated carbocycles. The molecule has 0 aromatic heterocycles. The minimum atomic E-state index is -0.220. The number of aliphatic hydroxyl groups excluding tert-OH is 1. The number of esters is 1. The molecule has 1 N–H and O–H groups in total. The summed E-state index contributed by atoms with van der Waals surface area (Å²) in [5.41, 5.74) is 2.49. The van der Waals surface area contributed by atoms with Crippen LogP contribution >= 0.6 is 0 Å². The summed E-state index contributed by atoms with van der Waals surface area (Å²) in [4.78, 5) is 11.1. The van der Waals surface area contributed by atoms with Gasteiger partial charge in [0.05, 0.1) is 18.8 Å². The number of fused-ring (bicyclic) bond motifs is 2. The normalized spacial score (nSPS) is 29.7. The zero-order valence-electron chi connectivity index (χ0n) is 13.0. The molecule has 0 unspecified atom stereocenters. The smallest absolute Gasteiger partial charge is 0.302 e. The van der Waals surface area contributed by atoms with Gasteiger partial charge in [0.2, 0.25) is 0 Å². The van der Waals surface area contributed by atoms with Crippen molar-refractivity contribution in [2.45, 2.75) is 44.8 Å². The molecule has 2 aliphatic rings.